The molecule has 1 N–H and O–H groups in total. The number of para-hydroxylation sites is 3. The van der Waals surface area contributed by atoms with Gasteiger partial charge < -0.3 is 19.4 Å². The number of carbonyl (C=O) groups is 1. The second-order valence-corrected chi connectivity index (χ2v) is 8.76. The predicted octanol–water partition coefficient (Wildman–Crippen LogP) is 5.31. The molecule has 4 aromatic rings. The molecular weight excluding hydrogens is 436 g/mol. The van der Waals surface area contributed by atoms with Crippen molar-refractivity contribution in [1.82, 2.24) is 9.88 Å². The first-order valence-electron chi connectivity index (χ1n) is 11.0. The summed E-state index contributed by atoms with van der Waals surface area (Å²) in [6.45, 7) is 0.781. The lowest BCUT2D eigenvalue weighted by Gasteiger charge is -2.26. The lowest BCUT2D eigenvalue weighted by molar-refractivity contribution is -0.121. The Balaban J connectivity index is 1.35. The Labute approximate surface area is 197 Å². The summed E-state index contributed by atoms with van der Waals surface area (Å²) in [7, 11) is 2.03. The van der Waals surface area contributed by atoms with Gasteiger partial charge in [0.05, 0.1) is 6.54 Å². The molecule has 0 saturated heterocycles. The van der Waals surface area contributed by atoms with Gasteiger partial charge in [0.2, 0.25) is 5.91 Å². The summed E-state index contributed by atoms with van der Waals surface area (Å²) in [5, 5.41) is 4.83. The van der Waals surface area contributed by atoms with Gasteiger partial charge in [-0.2, -0.15) is 0 Å². The minimum absolute atomic E-state index is 0.0460. The van der Waals surface area contributed by atoms with Gasteiger partial charge in [-0.25, -0.2) is 0 Å². The zero-order chi connectivity index (χ0) is 22.8. The normalized spacial score (nSPS) is 15.9. The van der Waals surface area contributed by atoms with Crippen LogP contribution in [0.3, 0.4) is 0 Å². The van der Waals surface area contributed by atoms with Crippen LogP contribution in [0.25, 0.3) is 10.9 Å². The first-order valence-corrected chi connectivity index (χ1v) is 11.4. The summed E-state index contributed by atoms with van der Waals surface area (Å²) in [6, 6.07) is 23.6. The van der Waals surface area contributed by atoms with E-state index in [2.05, 4.69) is 28.2 Å². The lowest BCUT2D eigenvalue weighted by atomic mass is 9.88. The fourth-order valence-electron chi connectivity index (χ4n) is 4.43. The topological polar surface area (TPSA) is 52.5 Å². The van der Waals surface area contributed by atoms with Crippen LogP contribution in [0.2, 0.25) is 5.02 Å². The molecule has 6 heteroatoms. The van der Waals surface area contributed by atoms with Crippen molar-refractivity contribution in [2.75, 3.05) is 13.2 Å². The van der Waals surface area contributed by atoms with Crippen LogP contribution < -0.4 is 14.8 Å². The van der Waals surface area contributed by atoms with Gasteiger partial charge in [-0.1, -0.05) is 54.1 Å². The highest BCUT2D eigenvalue weighted by Gasteiger charge is 2.25. The average molecular weight is 461 g/mol. The summed E-state index contributed by atoms with van der Waals surface area (Å²) in [6.07, 6.45) is 2.18. The monoisotopic (exact) mass is 460 g/mol. The van der Waals surface area contributed by atoms with Crippen LogP contribution in [-0.2, 0) is 11.8 Å². The quantitative estimate of drug-likeness (QED) is 0.424. The number of hydrogen-bond donors (Lipinski definition) is 1. The van der Waals surface area contributed by atoms with Gasteiger partial charge in [0.1, 0.15) is 12.7 Å². The first kappa shape index (κ1) is 21.4. The van der Waals surface area contributed by atoms with Crippen LogP contribution >= 0.6 is 11.6 Å². The molecule has 1 aromatic heterocycles. The summed E-state index contributed by atoms with van der Waals surface area (Å²) in [4.78, 5) is 13.1. The van der Waals surface area contributed by atoms with Crippen LogP contribution in [-0.4, -0.2) is 29.7 Å². The summed E-state index contributed by atoms with van der Waals surface area (Å²) < 4.78 is 13.8. The van der Waals surface area contributed by atoms with Crippen LogP contribution in [0.4, 0.5) is 0 Å². The molecule has 1 aliphatic heterocycles. The molecule has 3 aromatic carbocycles. The maximum absolute atomic E-state index is 13.1. The molecule has 0 spiro atoms. The summed E-state index contributed by atoms with van der Waals surface area (Å²) in [5.74, 6) is 1.27. The number of amides is 1. The van der Waals surface area contributed by atoms with Crippen LogP contribution in [0.1, 0.15) is 23.5 Å². The van der Waals surface area contributed by atoms with Gasteiger partial charge in [-0.3, -0.25) is 4.79 Å². The fraction of sp³-hybridized carbons (Fsp3) is 0.222. The van der Waals surface area contributed by atoms with E-state index < -0.39 is 0 Å². The standard InChI is InChI=1S/C27H25ClN2O3/c1-30-16-23(21-9-2-3-10-24(21)30)22(18-7-6-8-19(28)13-18)14-27(31)29-15-20-17-32-25-11-4-5-12-26(25)33-20/h2-13,16,20,22H,14-15,17H2,1H3,(H,29,31). The Kier molecular flexibility index (Phi) is 5.97. The average Bonchev–Trinajstić information content (AvgIpc) is 3.17. The third-order valence-corrected chi connectivity index (χ3v) is 6.27. The third-order valence-electron chi connectivity index (χ3n) is 6.04. The second-order valence-electron chi connectivity index (χ2n) is 8.33. The van der Waals surface area contributed by atoms with E-state index >= 15 is 0 Å². The highest BCUT2D eigenvalue weighted by atomic mass is 35.5. The second kappa shape index (κ2) is 9.20. The number of benzene rings is 3. The van der Waals surface area contributed by atoms with E-state index in [4.69, 9.17) is 21.1 Å². The molecule has 2 unspecified atom stereocenters. The SMILES string of the molecule is Cn1cc(C(CC(=O)NCC2COc3ccccc3O2)c2cccc(Cl)c2)c2ccccc21. The number of nitrogens with one attached hydrogen (secondary N) is 1. The summed E-state index contributed by atoms with van der Waals surface area (Å²) >= 11 is 6.30. The number of halogens is 1. The third kappa shape index (κ3) is 4.55. The molecule has 0 fully saturated rings. The van der Waals surface area contributed by atoms with E-state index in [-0.39, 0.29) is 17.9 Å². The van der Waals surface area contributed by atoms with E-state index in [0.29, 0.717) is 30.3 Å². The fourth-order valence-corrected chi connectivity index (χ4v) is 4.63. The number of hydrogen-bond acceptors (Lipinski definition) is 3. The Morgan fingerprint density at radius 2 is 1.88 bits per heavy atom. The zero-order valence-electron chi connectivity index (χ0n) is 18.3. The number of carbonyl (C=O) groups excluding carboxylic acids is 1. The van der Waals surface area contributed by atoms with Crippen LogP contribution in [0.5, 0.6) is 11.5 Å². The minimum Gasteiger partial charge on any atom is -0.486 e. The van der Waals surface area contributed by atoms with Gasteiger partial charge in [0.15, 0.2) is 11.5 Å². The number of fused-ring (bicyclic) bond motifs is 2. The Hall–Kier alpha value is -3.44. The van der Waals surface area contributed by atoms with Crippen molar-refractivity contribution < 1.29 is 14.3 Å². The molecule has 33 heavy (non-hydrogen) atoms. The largest absolute Gasteiger partial charge is 0.486 e. The van der Waals surface area contributed by atoms with E-state index in [1.165, 1.54) is 0 Å². The van der Waals surface area contributed by atoms with E-state index in [1.807, 2.05) is 67.7 Å². The van der Waals surface area contributed by atoms with Crippen LogP contribution in [0.15, 0.2) is 79.0 Å². The number of ether oxygens (including phenoxy) is 2. The molecule has 168 valence electrons. The van der Waals surface area contributed by atoms with E-state index in [0.717, 1.165) is 27.8 Å². The molecule has 0 aliphatic carbocycles. The minimum atomic E-state index is -0.231. The van der Waals surface area contributed by atoms with Gasteiger partial charge in [-0.05, 0) is 41.5 Å². The Morgan fingerprint density at radius 1 is 1.09 bits per heavy atom. The van der Waals surface area contributed by atoms with Gasteiger partial charge in [0, 0.05) is 41.5 Å². The number of aromatic nitrogens is 1. The maximum atomic E-state index is 13.1. The van der Waals surface area contributed by atoms with Crippen molar-refractivity contribution in [3.05, 3.63) is 95.1 Å². The molecular formula is C27H25ClN2O3. The molecule has 2 atom stereocenters. The molecule has 5 nitrogen and oxygen atoms in total. The van der Waals surface area contributed by atoms with Crippen molar-refractivity contribution in [2.45, 2.75) is 18.4 Å². The van der Waals surface area contributed by atoms with Gasteiger partial charge in [-0.15, -0.1) is 0 Å². The number of rotatable bonds is 6. The van der Waals surface area contributed by atoms with Crippen molar-refractivity contribution in [2.24, 2.45) is 7.05 Å². The Bertz CT molecular complexity index is 1300. The number of aryl methyl sites for hydroxylation is 1. The lowest BCUT2D eigenvalue weighted by Crippen LogP contribution is -2.41. The van der Waals surface area contributed by atoms with Crippen molar-refractivity contribution in [1.29, 1.82) is 0 Å². The molecule has 5 rings (SSSR count). The molecule has 0 bridgehead atoms. The maximum Gasteiger partial charge on any atom is 0.221 e. The van der Waals surface area contributed by atoms with Crippen molar-refractivity contribution >= 4 is 28.4 Å². The molecule has 1 aliphatic rings. The smallest absolute Gasteiger partial charge is 0.221 e. The summed E-state index contributed by atoms with van der Waals surface area (Å²) in [5.41, 5.74) is 3.25. The van der Waals surface area contributed by atoms with E-state index in [1.54, 1.807) is 0 Å². The molecule has 0 saturated carbocycles. The highest BCUT2D eigenvalue weighted by molar-refractivity contribution is 6.30. The highest BCUT2D eigenvalue weighted by Crippen LogP contribution is 2.35. The predicted molar refractivity (Wildman–Crippen MR) is 130 cm³/mol. The molecule has 1 amide bonds. The van der Waals surface area contributed by atoms with Gasteiger partial charge in [0.25, 0.3) is 0 Å². The molecule has 0 radical (unpaired) electrons. The van der Waals surface area contributed by atoms with Gasteiger partial charge >= 0.3 is 0 Å². The Morgan fingerprint density at radius 3 is 2.73 bits per heavy atom. The number of nitrogens with zero attached hydrogens (tertiary/aromatic N) is 1. The first-order chi connectivity index (χ1) is 16.1. The molecule has 2 heterocycles. The van der Waals surface area contributed by atoms with Crippen LogP contribution in [0, 0.1) is 0 Å². The zero-order valence-corrected chi connectivity index (χ0v) is 19.1. The van der Waals surface area contributed by atoms with E-state index in [9.17, 15) is 4.79 Å². The van der Waals surface area contributed by atoms with Crippen molar-refractivity contribution in [3.8, 4) is 11.5 Å². The van der Waals surface area contributed by atoms with Crippen molar-refractivity contribution in [3.63, 3.8) is 0 Å².